The number of likely N-dealkylation sites (N-methyl/N-ethyl adjacent to an activating group) is 2. The Hall–Kier alpha value is -6.83. The van der Waals surface area contributed by atoms with Crippen LogP contribution in [0.3, 0.4) is 0 Å². The number of piperidine rings is 1. The van der Waals surface area contributed by atoms with Crippen molar-refractivity contribution in [3.63, 3.8) is 0 Å². The maximum Gasteiger partial charge on any atom is 0.409 e. The fraction of sp³-hybridized carbons (Fsp3) is 0.617. The van der Waals surface area contributed by atoms with Crippen molar-refractivity contribution < 1.29 is 62.2 Å². The summed E-state index contributed by atoms with van der Waals surface area (Å²) in [7, 11) is -1.94. The van der Waals surface area contributed by atoms with Crippen LogP contribution in [-0.2, 0) is 38.6 Å². The number of anilines is 2. The zero-order valence-corrected chi connectivity index (χ0v) is 43.8. The first-order chi connectivity index (χ1) is 36.3. The van der Waals surface area contributed by atoms with Crippen LogP contribution < -0.4 is 21.7 Å². The van der Waals surface area contributed by atoms with Gasteiger partial charge in [0.05, 0.1) is 26.0 Å². The van der Waals surface area contributed by atoms with Crippen molar-refractivity contribution >= 4 is 67.8 Å². The molecule has 4 fully saturated rings. The molecule has 0 radical (unpaired) electrons. The van der Waals surface area contributed by atoms with Crippen LogP contribution in [0.5, 0.6) is 0 Å². The highest BCUT2D eigenvalue weighted by Crippen LogP contribution is 2.34. The van der Waals surface area contributed by atoms with E-state index in [2.05, 4.69) is 83.4 Å². The molecule has 0 aliphatic carbocycles. The number of rotatable bonds is 12. The number of ether oxygens (including phenoxy) is 3. The van der Waals surface area contributed by atoms with Crippen molar-refractivity contribution in [2.24, 2.45) is 5.92 Å². The Morgan fingerprint density at radius 3 is 1.79 bits per heavy atom. The first-order valence-corrected chi connectivity index (χ1v) is 26.8. The zero-order valence-electron chi connectivity index (χ0n) is 43.0. The quantitative estimate of drug-likeness (QED) is 0.0713. The lowest BCUT2D eigenvalue weighted by atomic mass is 9.94. The Bertz CT molecular complexity index is 2990. The third kappa shape index (κ3) is 12.7. The first kappa shape index (κ1) is 56.9. The minimum Gasteiger partial charge on any atom is -0.453 e. The molecule has 4 amide bonds. The predicted molar refractivity (Wildman–Crippen MR) is 270 cm³/mol. The van der Waals surface area contributed by atoms with E-state index in [1.807, 2.05) is 0 Å². The summed E-state index contributed by atoms with van der Waals surface area (Å²) in [5.41, 5.74) is 7.12. The molecular weight excluding hydrogens is 1010 g/mol. The number of carbonyl (C=O) groups is 4. The SMILES string of the molecule is CCNC(=O)[C@H]1O[C@@H](n2cnc3c(N)nc(C#CC(=O)N4CCN(S(C)(=O)=O)CC4)nc32)[C@@H](O)C1O.CCNC(=O)[C@H]1O[C@@H](n2cnc3c(NC(CC)CC)nc(C#CCC4CCN(C(=O)OC)CC4)nc32)[C@@H](O)C1O. The van der Waals surface area contributed by atoms with Crippen LogP contribution in [0.4, 0.5) is 16.4 Å². The number of aliphatic hydroxyl groups excluding tert-OH is 4. The van der Waals surface area contributed by atoms with Gasteiger partial charge in [-0.3, -0.25) is 23.5 Å². The van der Waals surface area contributed by atoms with Crippen LogP contribution in [0.15, 0.2) is 12.7 Å². The Kier molecular flexibility index (Phi) is 18.6. The summed E-state index contributed by atoms with van der Waals surface area (Å²) in [6.45, 7) is 10.3. The number of nitrogen functional groups attached to an aromatic ring is 1. The van der Waals surface area contributed by atoms with Crippen LogP contribution in [-0.4, -0.2) is 214 Å². The average Bonchev–Trinajstić information content (AvgIpc) is 4.18. The number of piperazine rings is 1. The van der Waals surface area contributed by atoms with Crippen LogP contribution >= 0.6 is 0 Å². The summed E-state index contributed by atoms with van der Waals surface area (Å²) in [5.74, 6) is 10.7. The lowest BCUT2D eigenvalue weighted by molar-refractivity contribution is -0.138. The number of amides is 4. The van der Waals surface area contributed by atoms with E-state index in [9.17, 15) is 48.0 Å². The third-order valence-corrected chi connectivity index (χ3v) is 14.7. The van der Waals surface area contributed by atoms with Gasteiger partial charge >= 0.3 is 6.09 Å². The smallest absolute Gasteiger partial charge is 0.409 e. The van der Waals surface area contributed by atoms with E-state index >= 15 is 0 Å². The summed E-state index contributed by atoms with van der Waals surface area (Å²) in [6.07, 6.45) is -2.94. The van der Waals surface area contributed by atoms with Gasteiger partial charge in [-0.05, 0) is 57.3 Å². The molecule has 29 heteroatoms. The maximum absolute atomic E-state index is 12.5. The monoisotopic (exact) mass is 1080 g/mol. The number of aliphatic hydroxyl groups is 4. The molecule has 76 heavy (non-hydrogen) atoms. The molecule has 8 heterocycles. The van der Waals surface area contributed by atoms with Gasteiger partial charge in [0, 0.05) is 70.7 Å². The molecule has 8 atom stereocenters. The van der Waals surface area contributed by atoms with Gasteiger partial charge in [-0.25, -0.2) is 43.1 Å². The van der Waals surface area contributed by atoms with Gasteiger partial charge in [0.1, 0.15) is 29.9 Å². The van der Waals surface area contributed by atoms with Gasteiger partial charge in [0.15, 0.2) is 53.1 Å². The molecule has 8 rings (SSSR count). The van der Waals surface area contributed by atoms with E-state index in [-0.39, 0.29) is 66.9 Å². The lowest BCUT2D eigenvalue weighted by Gasteiger charge is -2.31. The fourth-order valence-electron chi connectivity index (χ4n) is 9.02. The minimum absolute atomic E-state index is 0.0365. The molecule has 0 aromatic carbocycles. The Morgan fingerprint density at radius 2 is 1.28 bits per heavy atom. The third-order valence-electron chi connectivity index (χ3n) is 13.4. The molecule has 4 aliphatic rings. The second-order valence-corrected chi connectivity index (χ2v) is 20.4. The molecule has 4 aliphatic heterocycles. The molecule has 412 valence electrons. The van der Waals surface area contributed by atoms with Crippen LogP contribution in [0, 0.1) is 29.6 Å². The summed E-state index contributed by atoms with van der Waals surface area (Å²) in [6, 6.07) is 0.154. The van der Waals surface area contributed by atoms with E-state index in [1.165, 1.54) is 38.1 Å². The molecule has 9 N–H and O–H groups in total. The Morgan fingerprint density at radius 1 is 0.750 bits per heavy atom. The van der Waals surface area contributed by atoms with Crippen LogP contribution in [0.1, 0.15) is 83.9 Å². The summed E-state index contributed by atoms with van der Waals surface area (Å²) in [5, 5.41) is 50.7. The number of hydrogen-bond acceptors (Lipinski definition) is 21. The number of sulfonamides is 1. The van der Waals surface area contributed by atoms with Crippen LogP contribution in [0.25, 0.3) is 22.3 Å². The Labute approximate surface area is 438 Å². The molecule has 4 aromatic heterocycles. The van der Waals surface area contributed by atoms with Crippen molar-refractivity contribution in [2.45, 2.75) is 115 Å². The van der Waals surface area contributed by atoms with Crippen molar-refractivity contribution in [1.29, 1.82) is 0 Å². The number of imidazole rings is 2. The van der Waals surface area contributed by atoms with Gasteiger partial charge in [-0.15, -0.1) is 0 Å². The second-order valence-electron chi connectivity index (χ2n) is 18.4. The van der Waals surface area contributed by atoms with Gasteiger partial charge in [0.25, 0.3) is 17.7 Å². The predicted octanol–water partition coefficient (Wildman–Crippen LogP) is -1.98. The number of aromatic nitrogens is 8. The fourth-order valence-corrected chi connectivity index (χ4v) is 9.85. The van der Waals surface area contributed by atoms with Crippen molar-refractivity contribution in [2.75, 3.05) is 76.8 Å². The van der Waals surface area contributed by atoms with E-state index in [4.69, 9.17) is 19.9 Å². The molecule has 4 saturated heterocycles. The number of fused-ring (bicyclic) bond motifs is 2. The van der Waals surface area contributed by atoms with Gasteiger partial charge in [-0.2, -0.15) is 4.31 Å². The highest BCUT2D eigenvalue weighted by molar-refractivity contribution is 7.88. The molecule has 4 aromatic rings. The second kappa shape index (κ2) is 24.9. The number of likely N-dealkylation sites (tertiary alicyclic amines) is 1. The zero-order chi connectivity index (χ0) is 55.0. The number of nitrogens with one attached hydrogen (secondary N) is 3. The standard InChI is InChI=1S/C27H39N7O6.C20H26N8O7S/c1-5-17(6-2)30-23-19-24(34(15-29-19)26-21(36)20(35)22(40-26)25(37)28-7-3)32-18(31-23)10-8-9-16-11-13-33(14-12-16)27(38)39-4;1-3-22-19(32)16-14(30)15(31)20(35-16)28-10-23-13-17(21)24-11(25-18(13)28)4-5-12(29)26-6-8-27(9-7-26)36(2,33)34/h15-17,20-22,26,35-36H,5-7,9,11-14H2,1-4H3,(H,28,37)(H,30,31,32);10,14-16,20,30-31H,3,6-9H2,1-2H3,(H,22,32)(H2,21,24,25)/t20?,21-,22-,26+;14?,15-,16-,20+/m00/s1. The minimum atomic E-state index is -3.33. The lowest BCUT2D eigenvalue weighted by Crippen LogP contribution is -2.50. The number of nitrogens with two attached hydrogens (primary N) is 1. The molecular formula is C47H65N15O13S. The van der Waals surface area contributed by atoms with Crippen molar-refractivity contribution in [1.82, 2.24) is 63.8 Å². The highest BCUT2D eigenvalue weighted by Gasteiger charge is 2.49. The summed E-state index contributed by atoms with van der Waals surface area (Å²) >= 11 is 0. The molecule has 0 saturated carbocycles. The van der Waals surface area contributed by atoms with Crippen LogP contribution in [0.2, 0.25) is 0 Å². The molecule has 28 nitrogen and oxygen atoms in total. The largest absolute Gasteiger partial charge is 0.453 e. The number of carbonyl (C=O) groups excluding carboxylic acids is 4. The van der Waals surface area contributed by atoms with Gasteiger partial charge < -0.3 is 66.1 Å². The van der Waals surface area contributed by atoms with Crippen molar-refractivity contribution in [3.8, 4) is 23.7 Å². The summed E-state index contributed by atoms with van der Waals surface area (Å²) in [4.78, 5) is 78.1. The number of nitrogens with zero attached hydrogens (tertiary/aromatic N) is 11. The topological polar surface area (TPSA) is 370 Å². The normalized spacial score (nSPS) is 24.0. The van der Waals surface area contributed by atoms with Crippen molar-refractivity contribution in [3.05, 3.63) is 24.3 Å². The van der Waals surface area contributed by atoms with Gasteiger partial charge in [-0.1, -0.05) is 19.8 Å². The molecule has 0 spiro atoms. The van der Waals surface area contributed by atoms with Gasteiger partial charge in [0.2, 0.25) is 21.7 Å². The number of hydrogen-bond donors (Lipinski definition) is 8. The maximum atomic E-state index is 12.5. The van der Waals surface area contributed by atoms with E-state index in [0.29, 0.717) is 55.5 Å². The van der Waals surface area contributed by atoms with E-state index in [1.54, 1.807) is 18.7 Å². The Balaban J connectivity index is 0.000000222. The molecule has 2 unspecified atom stereocenters. The first-order valence-electron chi connectivity index (χ1n) is 25.0. The van der Waals surface area contributed by atoms with E-state index in [0.717, 1.165) is 31.9 Å². The highest BCUT2D eigenvalue weighted by atomic mass is 32.2. The average molecular weight is 1080 g/mol. The summed E-state index contributed by atoms with van der Waals surface area (Å²) < 4.78 is 43.6. The number of methoxy groups -OCH3 is 1. The van der Waals surface area contributed by atoms with E-state index < -0.39 is 76.8 Å². The molecule has 0 bridgehead atoms.